The molecule has 0 saturated carbocycles. The molecule has 23 heteroatoms. The minimum Gasteiger partial charge on any atom is -0.501 e. The van der Waals surface area contributed by atoms with Crippen molar-refractivity contribution in [3.63, 3.8) is 0 Å². The molecule has 0 aromatic heterocycles. The van der Waals surface area contributed by atoms with E-state index in [4.69, 9.17) is 20.9 Å². The predicted molar refractivity (Wildman–Crippen MR) is 184 cm³/mol. The molecule has 0 aliphatic carbocycles. The third-order valence-electron chi connectivity index (χ3n) is 4.26. The van der Waals surface area contributed by atoms with E-state index in [0.717, 1.165) is 0 Å². The number of nitriles is 3. The van der Waals surface area contributed by atoms with Crippen LogP contribution >= 0.6 is 0 Å². The van der Waals surface area contributed by atoms with Gasteiger partial charge >= 0.3 is 41.8 Å². The van der Waals surface area contributed by atoms with Gasteiger partial charge in [0.25, 0.3) is 0 Å². The number of rotatable bonds is 15. The Morgan fingerprint density at radius 3 is 1.04 bits per heavy atom. The number of nitrogens with zero attached hydrogens (tertiary/aromatic N) is 3. The second-order valence-corrected chi connectivity index (χ2v) is 8.34. The van der Waals surface area contributed by atoms with Crippen molar-refractivity contribution in [3.8, 4) is 18.2 Å². The molecule has 0 aliphatic heterocycles. The van der Waals surface area contributed by atoms with E-state index in [-0.39, 0.29) is 46.9 Å². The Balaban J connectivity index is -0.000000143. The molecule has 0 radical (unpaired) electrons. The number of carboxylic acid groups (broad SMARTS) is 1. The summed E-state index contributed by atoms with van der Waals surface area (Å²) in [4.78, 5) is 104. The monoisotopic (exact) mass is 802 g/mol. The van der Waals surface area contributed by atoms with Crippen LogP contribution in [0.25, 0.3) is 0 Å². The van der Waals surface area contributed by atoms with Gasteiger partial charge in [-0.15, -0.1) is 0 Å². The molecule has 0 unspecified atom stereocenters. The normalized spacial score (nSPS) is 9.50. The molecule has 0 atom stereocenters. The Morgan fingerprint density at radius 2 is 0.839 bits per heavy atom. The second kappa shape index (κ2) is 38.9. The SMILES string of the molecule is C.CCOC(=O)C(C)=O.CCOC(=O)C(O)=C(C#N)C(=O)OCC.CCOC(=O)C(O)=C(C#N)C(=O)OCC.CCOC(=O)CC#N.NC(=O)CC(=O)C(=O)O. The fourth-order valence-corrected chi connectivity index (χ4v) is 2.14. The summed E-state index contributed by atoms with van der Waals surface area (Å²) in [7, 11) is 0. The molecule has 0 heterocycles. The lowest BCUT2D eigenvalue weighted by atomic mass is 10.2. The summed E-state index contributed by atoms with van der Waals surface area (Å²) in [5.41, 5.74) is 3.00. The number of ketones is 2. The molecule has 0 saturated heterocycles. The Hall–Kier alpha value is -7.35. The van der Waals surface area contributed by atoms with Crippen LogP contribution < -0.4 is 5.73 Å². The number of carbonyl (C=O) groups excluding carboxylic acids is 9. The molecule has 0 aliphatic rings. The summed E-state index contributed by atoms with van der Waals surface area (Å²) >= 11 is 0. The fourth-order valence-electron chi connectivity index (χ4n) is 2.14. The lowest BCUT2D eigenvalue weighted by Gasteiger charge is -2.03. The van der Waals surface area contributed by atoms with Crippen molar-refractivity contribution in [3.05, 3.63) is 22.7 Å². The molecule has 5 N–H and O–H groups in total. The number of carbonyl (C=O) groups is 10. The summed E-state index contributed by atoms with van der Waals surface area (Å²) in [5, 5.41) is 51.2. The van der Waals surface area contributed by atoms with E-state index in [1.807, 2.05) is 0 Å². The van der Waals surface area contributed by atoms with Crippen LogP contribution in [0.5, 0.6) is 0 Å². The highest BCUT2D eigenvalue weighted by Gasteiger charge is 2.23. The van der Waals surface area contributed by atoms with Gasteiger partial charge in [-0.05, 0) is 41.5 Å². The second-order valence-electron chi connectivity index (χ2n) is 8.34. The molecule has 312 valence electrons. The number of nitrogens with two attached hydrogens (primary N) is 1. The van der Waals surface area contributed by atoms with Crippen LogP contribution in [0.2, 0.25) is 0 Å². The van der Waals surface area contributed by atoms with Crippen molar-refractivity contribution in [1.82, 2.24) is 0 Å². The first-order valence-electron chi connectivity index (χ1n) is 15.3. The van der Waals surface area contributed by atoms with Gasteiger partial charge in [0, 0.05) is 6.92 Å². The van der Waals surface area contributed by atoms with Gasteiger partial charge in [-0.2, -0.15) is 15.8 Å². The zero-order valence-corrected chi connectivity index (χ0v) is 30.9. The number of primary amides is 1. The minimum absolute atomic E-state index is 0. The molecule has 1 amide bonds. The highest BCUT2D eigenvalue weighted by atomic mass is 16.6. The molecule has 0 aromatic carbocycles. The average molecular weight is 803 g/mol. The van der Waals surface area contributed by atoms with Gasteiger partial charge in [0.15, 0.2) is 11.1 Å². The molecule has 0 rings (SSSR count). The molecular formula is C33H46N4O19. The average Bonchev–Trinajstić information content (AvgIpc) is 3.10. The molecule has 23 nitrogen and oxygen atoms in total. The van der Waals surface area contributed by atoms with Gasteiger partial charge in [0.2, 0.25) is 29.0 Å². The maximum Gasteiger partial charge on any atom is 0.375 e. The zero-order chi connectivity index (χ0) is 44.1. The first-order valence-corrected chi connectivity index (χ1v) is 15.3. The summed E-state index contributed by atoms with van der Waals surface area (Å²) in [6, 6.07) is 4.44. The van der Waals surface area contributed by atoms with Crippen molar-refractivity contribution in [1.29, 1.82) is 15.8 Å². The third-order valence-corrected chi connectivity index (χ3v) is 4.26. The van der Waals surface area contributed by atoms with Crippen LogP contribution in [0.3, 0.4) is 0 Å². The minimum atomic E-state index is -1.63. The summed E-state index contributed by atoms with van der Waals surface area (Å²) in [5.74, 6) is -11.9. The number of ether oxygens (including phenoxy) is 6. The summed E-state index contributed by atoms with van der Waals surface area (Å²) < 4.78 is 26.5. The Morgan fingerprint density at radius 1 is 0.536 bits per heavy atom. The molecule has 0 fully saturated rings. The van der Waals surface area contributed by atoms with E-state index < -0.39 is 88.3 Å². The smallest absolute Gasteiger partial charge is 0.375 e. The fraction of sp³-hybridized carbons (Fsp3) is 0.485. The number of hydrogen-bond acceptors (Lipinski definition) is 21. The first-order chi connectivity index (χ1) is 25.7. The summed E-state index contributed by atoms with van der Waals surface area (Å²) in [6.45, 7) is 11.4. The number of aliphatic hydroxyl groups excluding tert-OH is 2. The van der Waals surface area contributed by atoms with Gasteiger partial charge < -0.3 is 49.5 Å². The number of aliphatic carboxylic acids is 1. The molecule has 0 aromatic rings. The van der Waals surface area contributed by atoms with Crippen LogP contribution in [0.4, 0.5) is 0 Å². The number of aliphatic hydroxyl groups is 2. The highest BCUT2D eigenvalue weighted by molar-refractivity contribution is 6.36. The van der Waals surface area contributed by atoms with Crippen LogP contribution in [0.1, 0.15) is 68.7 Å². The quantitative estimate of drug-likeness (QED) is 0.0336. The van der Waals surface area contributed by atoms with Crippen LogP contribution in [0, 0.1) is 34.0 Å². The van der Waals surface area contributed by atoms with E-state index in [1.54, 1.807) is 19.9 Å². The molecular weight excluding hydrogens is 756 g/mol. The number of Topliss-reactive ketones (excluding diaryl/α,β-unsaturated/α-hetero) is 2. The largest absolute Gasteiger partial charge is 0.501 e. The van der Waals surface area contributed by atoms with Crippen molar-refractivity contribution in [2.24, 2.45) is 5.73 Å². The summed E-state index contributed by atoms with van der Waals surface area (Å²) in [6.07, 6.45) is -0.872. The Labute approximate surface area is 321 Å². The van der Waals surface area contributed by atoms with E-state index in [0.29, 0.717) is 6.61 Å². The number of hydrogen-bond donors (Lipinski definition) is 4. The Bertz CT molecular complexity index is 1480. The highest BCUT2D eigenvalue weighted by Crippen LogP contribution is 2.06. The Kier molecular flexibility index (Phi) is 42.2. The maximum absolute atomic E-state index is 11.1. The van der Waals surface area contributed by atoms with Crippen LogP contribution in [-0.4, -0.2) is 114 Å². The number of amides is 1. The van der Waals surface area contributed by atoms with Gasteiger partial charge in [-0.25, -0.2) is 28.8 Å². The lowest BCUT2D eigenvalue weighted by molar-refractivity contribution is -0.152. The van der Waals surface area contributed by atoms with Crippen LogP contribution in [0.15, 0.2) is 22.7 Å². The number of carboxylic acids is 1. The van der Waals surface area contributed by atoms with E-state index in [2.05, 4.69) is 34.2 Å². The third kappa shape index (κ3) is 33.8. The number of esters is 6. The van der Waals surface area contributed by atoms with Gasteiger partial charge in [0.05, 0.1) is 52.1 Å². The standard InChI is InChI=1S/2C9H11NO5.C5H7NO2.C5H8O3.C4H5NO4.CH4/c2*1-3-14-8(12)6(5-10)7(11)9(13)15-4-2;1-2-8-5(7)3-4-6;1-3-8-5(7)4(2)6;5-3(7)1-2(6)4(8)9;/h2*11H,3-4H2,1-2H3;2-3H2,1H3;3H2,1-2H3;1H2,(H2,5,7)(H,8,9);1H4. The molecule has 0 bridgehead atoms. The van der Waals surface area contributed by atoms with Crippen molar-refractivity contribution < 1.29 is 91.7 Å². The first kappa shape index (κ1) is 60.7. The van der Waals surface area contributed by atoms with E-state index in [9.17, 15) is 58.2 Å². The lowest BCUT2D eigenvalue weighted by Crippen LogP contribution is -2.21. The maximum atomic E-state index is 11.1. The predicted octanol–water partition coefficient (Wildman–Crippen LogP) is 0.650. The topological polar surface area (TPSA) is 384 Å². The van der Waals surface area contributed by atoms with Gasteiger partial charge in [-0.1, -0.05) is 7.43 Å². The van der Waals surface area contributed by atoms with Gasteiger partial charge in [0.1, 0.15) is 18.6 Å². The van der Waals surface area contributed by atoms with E-state index in [1.165, 1.54) is 46.8 Å². The van der Waals surface area contributed by atoms with Crippen molar-refractivity contribution in [2.75, 3.05) is 39.6 Å². The molecule has 56 heavy (non-hydrogen) atoms. The zero-order valence-electron chi connectivity index (χ0n) is 30.9. The van der Waals surface area contributed by atoms with E-state index >= 15 is 0 Å². The van der Waals surface area contributed by atoms with Crippen molar-refractivity contribution >= 4 is 59.3 Å². The molecule has 0 spiro atoms. The van der Waals surface area contributed by atoms with Crippen molar-refractivity contribution in [2.45, 2.75) is 68.7 Å². The van der Waals surface area contributed by atoms with Crippen LogP contribution in [-0.2, 0) is 76.4 Å². The van der Waals surface area contributed by atoms with Gasteiger partial charge in [-0.3, -0.25) is 19.2 Å².